The molecule has 0 aromatic heterocycles. The van der Waals surface area contributed by atoms with Gasteiger partial charge in [0.15, 0.2) is 0 Å². The monoisotopic (exact) mass is 302 g/mol. The van der Waals surface area contributed by atoms with Gasteiger partial charge in [-0.05, 0) is 30.2 Å². The van der Waals surface area contributed by atoms with Crippen LogP contribution in [0.3, 0.4) is 0 Å². The van der Waals surface area contributed by atoms with E-state index in [0.29, 0.717) is 23.3 Å². The molecule has 1 atom stereocenters. The van der Waals surface area contributed by atoms with E-state index in [4.69, 9.17) is 6.42 Å². The third-order valence-corrected chi connectivity index (χ3v) is 3.73. The van der Waals surface area contributed by atoms with Gasteiger partial charge >= 0.3 is 6.03 Å². The van der Waals surface area contributed by atoms with Crippen molar-refractivity contribution in [3.63, 3.8) is 0 Å². The molecule has 0 spiro atoms. The topological polar surface area (TPSA) is 41.1 Å². The molecule has 0 saturated heterocycles. The molecule has 0 bridgehead atoms. The lowest BCUT2D eigenvalue weighted by molar-refractivity contribution is 0.252. The van der Waals surface area contributed by atoms with Crippen LogP contribution in [-0.2, 0) is 0 Å². The van der Waals surface area contributed by atoms with Crippen LogP contribution in [0.15, 0.2) is 24.3 Å². The van der Waals surface area contributed by atoms with Gasteiger partial charge in [0.25, 0.3) is 0 Å². The van der Waals surface area contributed by atoms with Crippen LogP contribution >= 0.6 is 12.6 Å². The molecule has 1 aromatic carbocycles. The first-order valence-electron chi connectivity index (χ1n) is 6.84. The first kappa shape index (κ1) is 15.5. The smallest absolute Gasteiger partial charge is 0.319 e. The number of nitrogens with zero attached hydrogens (tertiary/aromatic N) is 1. The maximum absolute atomic E-state index is 11.7. The Hall–Kier alpha value is -1.90. The Labute approximate surface area is 131 Å². The van der Waals surface area contributed by atoms with Crippen molar-refractivity contribution in [2.45, 2.75) is 0 Å². The number of carbonyl (C=O) groups excluding carboxylic acids is 1. The lowest BCUT2D eigenvalue weighted by atomic mass is 10.0. The minimum absolute atomic E-state index is 0.218. The van der Waals surface area contributed by atoms with E-state index in [0.717, 1.165) is 17.8 Å². The van der Waals surface area contributed by atoms with Gasteiger partial charge in [-0.3, -0.25) is 4.48 Å². The number of hydrogen-bond acceptors (Lipinski definition) is 2. The van der Waals surface area contributed by atoms with Gasteiger partial charge in [-0.2, -0.15) is 12.6 Å². The lowest BCUT2D eigenvalue weighted by Gasteiger charge is -2.34. The second-order valence-corrected chi connectivity index (χ2v) is 5.67. The van der Waals surface area contributed by atoms with Gasteiger partial charge in [0.2, 0.25) is 0 Å². The number of nitrogens with one attached hydrogen (secondary N) is 2. The van der Waals surface area contributed by atoms with Gasteiger partial charge in [-0.1, -0.05) is 0 Å². The summed E-state index contributed by atoms with van der Waals surface area (Å²) in [6.07, 6.45) is 9.67. The highest BCUT2D eigenvalue weighted by Gasteiger charge is 2.28. The zero-order chi connectivity index (χ0) is 15.3. The summed E-state index contributed by atoms with van der Waals surface area (Å²) in [5, 5.41) is 5.54. The number of fused-ring (bicyclic) bond motifs is 1. The molecule has 110 valence electrons. The Kier molecular flexibility index (Phi) is 4.94. The normalized spacial score (nSPS) is 19.5. The maximum Gasteiger partial charge on any atom is 0.319 e. The largest absolute Gasteiger partial charge is 0.337 e. The number of quaternary nitrogens is 1. The van der Waals surface area contributed by atoms with Gasteiger partial charge in [0.1, 0.15) is 18.8 Å². The van der Waals surface area contributed by atoms with E-state index in [1.54, 1.807) is 0 Å². The molecule has 5 heteroatoms. The van der Waals surface area contributed by atoms with E-state index in [1.165, 1.54) is 5.69 Å². The van der Waals surface area contributed by atoms with Crippen molar-refractivity contribution in [2.75, 3.05) is 37.8 Å². The van der Waals surface area contributed by atoms with E-state index in [2.05, 4.69) is 48.4 Å². The zero-order valence-corrected chi connectivity index (χ0v) is 13.0. The van der Waals surface area contributed by atoms with Gasteiger partial charge in [0, 0.05) is 29.6 Å². The Morgan fingerprint density at radius 2 is 2.33 bits per heavy atom. The van der Waals surface area contributed by atoms with Gasteiger partial charge in [0.05, 0.1) is 7.05 Å². The van der Waals surface area contributed by atoms with Crippen molar-refractivity contribution >= 4 is 36.1 Å². The molecule has 1 aromatic rings. The summed E-state index contributed by atoms with van der Waals surface area (Å²) in [4.78, 5) is 11.7. The molecule has 1 aliphatic heterocycles. The number of carbonyl (C=O) groups is 1. The van der Waals surface area contributed by atoms with Crippen molar-refractivity contribution in [1.29, 1.82) is 0 Å². The summed E-state index contributed by atoms with van der Waals surface area (Å²) in [6, 6.07) is 5.69. The molecule has 1 heterocycles. The van der Waals surface area contributed by atoms with E-state index in [1.807, 2.05) is 18.2 Å². The van der Waals surface area contributed by atoms with Crippen LogP contribution in [0.4, 0.5) is 16.2 Å². The van der Waals surface area contributed by atoms with Crippen molar-refractivity contribution in [1.82, 2.24) is 9.80 Å². The number of likely N-dealkylation sites (N-methyl/N-ethyl adjacent to an activating group) is 1. The van der Waals surface area contributed by atoms with Crippen LogP contribution in [0.25, 0.3) is 6.08 Å². The Morgan fingerprint density at radius 1 is 1.52 bits per heavy atom. The van der Waals surface area contributed by atoms with Crippen molar-refractivity contribution in [3.8, 4) is 12.3 Å². The molecule has 4 nitrogen and oxygen atoms in total. The number of anilines is 1. The number of amides is 2. The van der Waals surface area contributed by atoms with Crippen LogP contribution in [0, 0.1) is 12.3 Å². The van der Waals surface area contributed by atoms with E-state index in [9.17, 15) is 4.79 Å². The van der Waals surface area contributed by atoms with Crippen LogP contribution in [0.2, 0.25) is 0 Å². The van der Waals surface area contributed by atoms with E-state index >= 15 is 0 Å². The summed E-state index contributed by atoms with van der Waals surface area (Å²) in [5.74, 6) is 3.35. The van der Waals surface area contributed by atoms with Crippen molar-refractivity contribution in [3.05, 3.63) is 29.8 Å². The van der Waals surface area contributed by atoms with Crippen molar-refractivity contribution in [2.24, 2.45) is 0 Å². The third-order valence-electron chi connectivity index (χ3n) is 3.51. The molecule has 0 fully saturated rings. The fraction of sp³-hybridized carbons (Fsp3) is 0.312. The minimum Gasteiger partial charge on any atom is -0.337 e. The second-order valence-electron chi connectivity index (χ2n) is 5.22. The highest BCUT2D eigenvalue weighted by atomic mass is 32.1. The van der Waals surface area contributed by atoms with Crippen LogP contribution in [-0.4, -0.2) is 38.5 Å². The quantitative estimate of drug-likeness (QED) is 0.446. The number of hydrogen-bond donors (Lipinski definition) is 3. The summed E-state index contributed by atoms with van der Waals surface area (Å²) < 4.78 is 0.689. The highest BCUT2D eigenvalue weighted by molar-refractivity contribution is 7.80. The molecular formula is C16H20N3OS+. The predicted octanol–water partition coefficient (Wildman–Crippen LogP) is 2.33. The Balaban J connectivity index is 2.19. The number of terminal acetylenes is 1. The highest BCUT2D eigenvalue weighted by Crippen LogP contribution is 2.32. The second kappa shape index (κ2) is 6.70. The fourth-order valence-corrected chi connectivity index (χ4v) is 2.58. The molecule has 2 rings (SSSR count). The van der Waals surface area contributed by atoms with Gasteiger partial charge < -0.3 is 10.6 Å². The number of benzene rings is 1. The first-order valence-corrected chi connectivity index (χ1v) is 7.47. The van der Waals surface area contributed by atoms with Gasteiger partial charge in [-0.15, -0.1) is 6.42 Å². The summed E-state index contributed by atoms with van der Waals surface area (Å²) in [7, 11) is 2.12. The average Bonchev–Trinajstić information content (AvgIpc) is 2.45. The molecule has 1 unspecified atom stereocenters. The van der Waals surface area contributed by atoms with Crippen molar-refractivity contribution < 1.29 is 4.79 Å². The number of urea groups is 1. The fourth-order valence-electron chi connectivity index (χ4n) is 2.46. The Morgan fingerprint density at radius 3 is 3.05 bits per heavy atom. The van der Waals surface area contributed by atoms with Gasteiger partial charge in [-0.25, -0.2) is 4.79 Å². The molecule has 0 saturated carbocycles. The molecule has 0 aliphatic carbocycles. The minimum atomic E-state index is -0.218. The molecular weight excluding hydrogens is 282 g/mol. The average molecular weight is 302 g/mol. The third kappa shape index (κ3) is 3.60. The number of rotatable bonds is 4. The molecule has 0 radical (unpaired) electrons. The lowest BCUT2D eigenvalue weighted by Crippen LogP contribution is -2.47. The first-order chi connectivity index (χ1) is 10.1. The molecule has 2 amide bonds. The summed E-state index contributed by atoms with van der Waals surface area (Å²) in [6.45, 7) is 2.07. The van der Waals surface area contributed by atoms with E-state index in [-0.39, 0.29) is 6.03 Å². The number of thiol groups is 1. The molecule has 2 N–H and O–H groups in total. The standard InChI is InChI=1S/C16H19N3OS/c1-3-9-19(2)10-4-5-13-12-14(6-7-15(13)19)18-16(20)17-8-11-21/h1,4-7,12H,8-11H2,2H3,(H2-,17,18,20,21)/p+1. The van der Waals surface area contributed by atoms with Crippen LogP contribution in [0.1, 0.15) is 5.56 Å². The molecule has 1 aliphatic rings. The molecule has 21 heavy (non-hydrogen) atoms. The summed E-state index contributed by atoms with van der Waals surface area (Å²) in [5.41, 5.74) is 3.03. The van der Waals surface area contributed by atoms with Crippen LogP contribution in [0.5, 0.6) is 0 Å². The van der Waals surface area contributed by atoms with E-state index < -0.39 is 0 Å². The Bertz CT molecular complexity index is 606. The predicted molar refractivity (Wildman–Crippen MR) is 92.6 cm³/mol. The maximum atomic E-state index is 11.7. The SMILES string of the molecule is C#CC[N+]1(C)CC=Cc2cc(NC(=O)NCCS)ccc21. The summed E-state index contributed by atoms with van der Waals surface area (Å²) >= 11 is 4.06. The van der Waals surface area contributed by atoms with Crippen LogP contribution < -0.4 is 15.1 Å². The zero-order valence-electron chi connectivity index (χ0n) is 12.1.